The predicted octanol–water partition coefficient (Wildman–Crippen LogP) is 6.51. The molecule has 0 bridgehead atoms. The Morgan fingerprint density at radius 2 is 1.92 bits per heavy atom. The zero-order valence-corrected chi connectivity index (χ0v) is 23.7. The van der Waals surface area contributed by atoms with E-state index in [0.29, 0.717) is 6.54 Å². The second kappa shape index (κ2) is 16.8. The lowest BCUT2D eigenvalue weighted by atomic mass is 10.0. The number of nitriles is 1. The van der Waals surface area contributed by atoms with Gasteiger partial charge in [0.15, 0.2) is 0 Å². The van der Waals surface area contributed by atoms with E-state index < -0.39 is 12.1 Å². The van der Waals surface area contributed by atoms with Gasteiger partial charge in [0.25, 0.3) is 0 Å². The highest BCUT2D eigenvalue weighted by atomic mass is 32.1. The third-order valence-corrected chi connectivity index (χ3v) is 6.47. The molecule has 0 fully saturated rings. The van der Waals surface area contributed by atoms with E-state index in [9.17, 15) is 9.90 Å². The summed E-state index contributed by atoms with van der Waals surface area (Å²) >= 11 is 1.66. The molecule has 7 nitrogen and oxygen atoms in total. The fourth-order valence-corrected chi connectivity index (χ4v) is 4.67. The summed E-state index contributed by atoms with van der Waals surface area (Å²) in [7, 11) is 0. The van der Waals surface area contributed by atoms with Gasteiger partial charge in [-0.3, -0.25) is 0 Å². The van der Waals surface area contributed by atoms with Crippen LogP contribution in [0.5, 0.6) is 5.75 Å². The fraction of sp³-hybridized carbons (Fsp3) is 0.290. The SMILES string of the molecule is CC.CC#N.CC(Cc1c[nH]c2c(/C=C/C(=O)O)cccc12)NCC(O)COc1ccccc1-c1cccs1. The van der Waals surface area contributed by atoms with Gasteiger partial charge in [0, 0.05) is 47.6 Å². The molecule has 4 rings (SSSR count). The number of para-hydroxylation sites is 2. The first-order valence-corrected chi connectivity index (χ1v) is 13.8. The molecule has 2 aromatic heterocycles. The summed E-state index contributed by atoms with van der Waals surface area (Å²) in [4.78, 5) is 15.3. The van der Waals surface area contributed by atoms with Gasteiger partial charge in [0.2, 0.25) is 0 Å². The molecule has 4 aromatic rings. The number of aliphatic hydroxyl groups excluding tert-OH is 1. The number of aliphatic carboxylic acids is 1. The number of aromatic amines is 1. The molecule has 0 aliphatic heterocycles. The lowest BCUT2D eigenvalue weighted by Crippen LogP contribution is -2.37. The van der Waals surface area contributed by atoms with Crippen molar-refractivity contribution in [1.82, 2.24) is 10.3 Å². The van der Waals surface area contributed by atoms with Crippen LogP contribution in [0.1, 0.15) is 38.8 Å². The van der Waals surface area contributed by atoms with Gasteiger partial charge in [-0.25, -0.2) is 4.79 Å². The summed E-state index contributed by atoms with van der Waals surface area (Å²) in [5.41, 5.74) is 3.92. The van der Waals surface area contributed by atoms with Gasteiger partial charge in [-0.2, -0.15) is 5.26 Å². The maximum atomic E-state index is 10.8. The fourth-order valence-electron chi connectivity index (χ4n) is 3.92. The lowest BCUT2D eigenvalue weighted by molar-refractivity contribution is -0.131. The van der Waals surface area contributed by atoms with Gasteiger partial charge in [-0.05, 0) is 54.1 Å². The third-order valence-electron chi connectivity index (χ3n) is 5.57. The van der Waals surface area contributed by atoms with Crippen molar-refractivity contribution in [2.24, 2.45) is 0 Å². The topological polar surface area (TPSA) is 118 Å². The van der Waals surface area contributed by atoms with Crippen LogP contribution in [0.2, 0.25) is 0 Å². The number of nitrogens with zero attached hydrogens (tertiary/aromatic N) is 1. The highest BCUT2D eigenvalue weighted by Gasteiger charge is 2.13. The number of benzene rings is 2. The summed E-state index contributed by atoms with van der Waals surface area (Å²) < 4.78 is 5.93. The first-order valence-electron chi connectivity index (χ1n) is 12.9. The Hall–Kier alpha value is -3.90. The number of hydrogen-bond acceptors (Lipinski definition) is 6. The van der Waals surface area contributed by atoms with E-state index in [1.807, 2.05) is 74.0 Å². The molecule has 8 heteroatoms. The average molecular weight is 548 g/mol. The predicted molar refractivity (Wildman–Crippen MR) is 160 cm³/mol. The second-order valence-electron chi connectivity index (χ2n) is 8.43. The van der Waals surface area contributed by atoms with Gasteiger partial charge < -0.3 is 25.3 Å². The smallest absolute Gasteiger partial charge is 0.328 e. The Morgan fingerprint density at radius 3 is 2.62 bits per heavy atom. The monoisotopic (exact) mass is 547 g/mol. The molecule has 0 aliphatic rings. The van der Waals surface area contributed by atoms with Crippen molar-refractivity contribution in [3.63, 3.8) is 0 Å². The Morgan fingerprint density at radius 1 is 1.18 bits per heavy atom. The molecule has 2 aromatic carbocycles. The molecule has 0 spiro atoms. The highest BCUT2D eigenvalue weighted by Crippen LogP contribution is 2.33. The van der Waals surface area contributed by atoms with E-state index in [0.717, 1.165) is 50.7 Å². The molecule has 0 saturated carbocycles. The van der Waals surface area contributed by atoms with Crippen molar-refractivity contribution < 1.29 is 19.7 Å². The summed E-state index contributed by atoms with van der Waals surface area (Å²) in [6.45, 7) is 8.12. The first-order chi connectivity index (χ1) is 18.9. The van der Waals surface area contributed by atoms with Crippen LogP contribution in [-0.2, 0) is 11.2 Å². The van der Waals surface area contributed by atoms with Crippen LogP contribution in [-0.4, -0.2) is 46.5 Å². The van der Waals surface area contributed by atoms with Crippen LogP contribution in [0.4, 0.5) is 0 Å². The number of carboxylic acid groups (broad SMARTS) is 1. The number of carboxylic acids is 1. The van der Waals surface area contributed by atoms with Crippen molar-refractivity contribution in [2.75, 3.05) is 13.2 Å². The molecule has 2 heterocycles. The van der Waals surface area contributed by atoms with Crippen molar-refractivity contribution in [3.8, 4) is 22.3 Å². The molecule has 0 aliphatic carbocycles. The van der Waals surface area contributed by atoms with Gasteiger partial charge in [0.05, 0.1) is 11.6 Å². The Bertz CT molecular complexity index is 1360. The van der Waals surface area contributed by atoms with Crippen LogP contribution in [0, 0.1) is 11.3 Å². The van der Waals surface area contributed by atoms with Crippen molar-refractivity contribution in [2.45, 2.75) is 46.3 Å². The van der Waals surface area contributed by atoms with Gasteiger partial charge in [-0.15, -0.1) is 11.3 Å². The van der Waals surface area contributed by atoms with Crippen LogP contribution < -0.4 is 10.1 Å². The molecular formula is C31H37N3O4S. The molecule has 206 valence electrons. The Kier molecular flexibility index (Phi) is 13.5. The number of rotatable bonds is 11. The molecule has 2 unspecified atom stereocenters. The normalized spacial score (nSPS) is 12.0. The second-order valence-corrected chi connectivity index (χ2v) is 9.38. The molecule has 0 radical (unpaired) electrons. The van der Waals surface area contributed by atoms with Crippen LogP contribution in [0.15, 0.2) is 72.3 Å². The zero-order chi connectivity index (χ0) is 28.6. The van der Waals surface area contributed by atoms with E-state index in [1.165, 1.54) is 6.92 Å². The number of hydrogen-bond donors (Lipinski definition) is 4. The van der Waals surface area contributed by atoms with Crippen molar-refractivity contribution in [1.29, 1.82) is 5.26 Å². The van der Waals surface area contributed by atoms with E-state index in [1.54, 1.807) is 23.5 Å². The summed E-state index contributed by atoms with van der Waals surface area (Å²) in [6.07, 6.45) is 4.82. The minimum Gasteiger partial charge on any atom is -0.490 e. The Balaban J connectivity index is 0.000000998. The molecule has 2 atom stereocenters. The number of nitrogens with one attached hydrogen (secondary N) is 2. The molecule has 0 saturated heterocycles. The average Bonchev–Trinajstić information content (AvgIpc) is 3.62. The van der Waals surface area contributed by atoms with E-state index in [4.69, 9.17) is 15.1 Å². The first kappa shape index (κ1) is 31.3. The Labute approximate surface area is 234 Å². The quantitative estimate of drug-likeness (QED) is 0.159. The third kappa shape index (κ3) is 9.73. The summed E-state index contributed by atoms with van der Waals surface area (Å²) in [5.74, 6) is -0.206. The standard InChI is InChI=1S/C27H28N2O4S.C2H3N.C2H6/c1-18(14-20-15-29-27-19(11-12-26(31)32)6-4-8-22(20)27)28-16-21(30)17-33-24-9-3-2-7-23(24)25-10-5-13-34-25;1-2-3;1-2/h2-13,15,18,21,28-30H,14,16-17H2,1H3,(H,31,32);1H3;1-2H3/b12-11+;;. The maximum absolute atomic E-state index is 10.8. The molecule has 39 heavy (non-hydrogen) atoms. The van der Waals surface area contributed by atoms with Crippen molar-refractivity contribution in [3.05, 3.63) is 83.4 Å². The van der Waals surface area contributed by atoms with E-state index in [2.05, 4.69) is 23.3 Å². The minimum absolute atomic E-state index is 0.130. The van der Waals surface area contributed by atoms with Crippen LogP contribution in [0.25, 0.3) is 27.4 Å². The largest absolute Gasteiger partial charge is 0.490 e. The number of aliphatic hydroxyl groups is 1. The molecular weight excluding hydrogens is 510 g/mol. The van der Waals surface area contributed by atoms with Gasteiger partial charge >= 0.3 is 5.97 Å². The summed E-state index contributed by atoms with van der Waals surface area (Å²) in [6, 6.07) is 19.7. The number of carbonyl (C=O) groups is 1. The van der Waals surface area contributed by atoms with Crippen molar-refractivity contribution >= 4 is 34.3 Å². The number of fused-ring (bicyclic) bond motifs is 1. The number of H-pyrrole nitrogens is 1. The van der Waals surface area contributed by atoms with E-state index in [-0.39, 0.29) is 12.6 Å². The molecule has 0 amide bonds. The molecule has 4 N–H and O–H groups in total. The number of aromatic nitrogens is 1. The van der Waals surface area contributed by atoms with Gasteiger partial charge in [-0.1, -0.05) is 50.2 Å². The minimum atomic E-state index is -0.973. The number of ether oxygens (including phenoxy) is 1. The van der Waals surface area contributed by atoms with E-state index >= 15 is 0 Å². The lowest BCUT2D eigenvalue weighted by Gasteiger charge is -2.18. The van der Waals surface area contributed by atoms with Crippen LogP contribution >= 0.6 is 11.3 Å². The summed E-state index contributed by atoms with van der Waals surface area (Å²) in [5, 5.41) is 33.2. The maximum Gasteiger partial charge on any atom is 0.328 e. The number of thiophene rings is 1. The zero-order valence-electron chi connectivity index (χ0n) is 22.8. The van der Waals surface area contributed by atoms with Gasteiger partial charge in [0.1, 0.15) is 18.5 Å². The highest BCUT2D eigenvalue weighted by molar-refractivity contribution is 7.13. The van der Waals surface area contributed by atoms with Crippen LogP contribution in [0.3, 0.4) is 0 Å².